The van der Waals surface area contributed by atoms with Gasteiger partial charge in [-0.3, -0.25) is 19.4 Å². The van der Waals surface area contributed by atoms with Gasteiger partial charge in [0.1, 0.15) is 5.54 Å². The minimum Gasteiger partial charge on any atom is -0.356 e. The van der Waals surface area contributed by atoms with Crippen LogP contribution in [0.4, 0.5) is 18.0 Å². The Labute approximate surface area is 162 Å². The summed E-state index contributed by atoms with van der Waals surface area (Å²) in [7, 11) is 0. The molecule has 4 amide bonds. The SMILES string of the molecule is O=C(CCN1C(=O)NC2(CCCCC2)C1=O)NC[C@@H]1CCN(CC(F)(F)F)C1. The summed E-state index contributed by atoms with van der Waals surface area (Å²) in [5, 5.41) is 5.52. The molecule has 28 heavy (non-hydrogen) atoms. The van der Waals surface area contributed by atoms with Crippen LogP contribution in [0.15, 0.2) is 0 Å². The smallest absolute Gasteiger partial charge is 0.356 e. The van der Waals surface area contributed by atoms with E-state index < -0.39 is 24.3 Å². The summed E-state index contributed by atoms with van der Waals surface area (Å²) in [5.74, 6) is -0.573. The molecule has 0 bridgehead atoms. The van der Waals surface area contributed by atoms with Crippen molar-refractivity contribution in [3.05, 3.63) is 0 Å². The van der Waals surface area contributed by atoms with Gasteiger partial charge in [0.2, 0.25) is 5.91 Å². The van der Waals surface area contributed by atoms with Gasteiger partial charge < -0.3 is 10.6 Å². The van der Waals surface area contributed by atoms with Crippen LogP contribution in [0.2, 0.25) is 0 Å². The summed E-state index contributed by atoms with van der Waals surface area (Å²) in [6.07, 6.45) is 0.499. The number of amides is 4. The highest BCUT2D eigenvalue weighted by Crippen LogP contribution is 2.33. The lowest BCUT2D eigenvalue weighted by atomic mass is 9.82. The number of nitrogens with zero attached hydrogens (tertiary/aromatic N) is 2. The molecular weight excluding hydrogens is 377 g/mol. The first-order chi connectivity index (χ1) is 13.2. The predicted molar refractivity (Wildman–Crippen MR) is 94.3 cm³/mol. The van der Waals surface area contributed by atoms with Crippen LogP contribution in [0.25, 0.3) is 0 Å². The van der Waals surface area contributed by atoms with Crippen molar-refractivity contribution in [1.82, 2.24) is 20.4 Å². The Morgan fingerprint density at radius 1 is 1.21 bits per heavy atom. The molecule has 2 heterocycles. The van der Waals surface area contributed by atoms with Crippen molar-refractivity contribution >= 4 is 17.8 Å². The van der Waals surface area contributed by atoms with Crippen LogP contribution in [-0.2, 0) is 9.59 Å². The fraction of sp³-hybridized carbons (Fsp3) is 0.833. The van der Waals surface area contributed by atoms with E-state index in [9.17, 15) is 27.6 Å². The summed E-state index contributed by atoms with van der Waals surface area (Å²) >= 11 is 0. The Balaban J connectivity index is 1.39. The van der Waals surface area contributed by atoms with Gasteiger partial charge in [-0.2, -0.15) is 13.2 Å². The molecule has 158 valence electrons. The van der Waals surface area contributed by atoms with Crippen molar-refractivity contribution in [2.75, 3.05) is 32.7 Å². The van der Waals surface area contributed by atoms with Gasteiger partial charge in [0, 0.05) is 26.1 Å². The molecule has 2 N–H and O–H groups in total. The first-order valence-electron chi connectivity index (χ1n) is 9.88. The van der Waals surface area contributed by atoms with E-state index in [1.165, 1.54) is 4.90 Å². The van der Waals surface area contributed by atoms with E-state index in [-0.39, 0.29) is 30.7 Å². The van der Waals surface area contributed by atoms with Gasteiger partial charge in [0.25, 0.3) is 5.91 Å². The molecule has 0 unspecified atom stereocenters. The van der Waals surface area contributed by atoms with E-state index >= 15 is 0 Å². The average molecular weight is 404 g/mol. The van der Waals surface area contributed by atoms with Crippen molar-refractivity contribution < 1.29 is 27.6 Å². The molecule has 1 saturated carbocycles. The number of halogens is 3. The van der Waals surface area contributed by atoms with Crippen LogP contribution in [0, 0.1) is 5.92 Å². The summed E-state index contributed by atoms with van der Waals surface area (Å²) < 4.78 is 37.2. The first-order valence-corrected chi connectivity index (χ1v) is 9.88. The number of nitrogens with one attached hydrogen (secondary N) is 2. The largest absolute Gasteiger partial charge is 0.401 e. The van der Waals surface area contributed by atoms with E-state index in [1.54, 1.807) is 0 Å². The van der Waals surface area contributed by atoms with Crippen molar-refractivity contribution in [3.63, 3.8) is 0 Å². The van der Waals surface area contributed by atoms with Crippen molar-refractivity contribution in [2.45, 2.75) is 56.7 Å². The van der Waals surface area contributed by atoms with Gasteiger partial charge >= 0.3 is 12.2 Å². The molecule has 1 atom stereocenters. The number of likely N-dealkylation sites (tertiary alicyclic amines) is 1. The Hall–Kier alpha value is -1.84. The Bertz CT molecular complexity index is 620. The number of carbonyl (C=O) groups excluding carboxylic acids is 3. The summed E-state index contributed by atoms with van der Waals surface area (Å²) in [6, 6.07) is -0.446. The average Bonchev–Trinajstić information content (AvgIpc) is 3.14. The monoisotopic (exact) mass is 404 g/mol. The zero-order chi connectivity index (χ0) is 20.4. The van der Waals surface area contributed by atoms with E-state index in [0.717, 1.165) is 24.2 Å². The predicted octanol–water partition coefficient (Wildman–Crippen LogP) is 1.63. The summed E-state index contributed by atoms with van der Waals surface area (Å²) in [5.41, 5.74) is -0.794. The normalized spacial score (nSPS) is 25.4. The molecule has 10 heteroatoms. The zero-order valence-corrected chi connectivity index (χ0v) is 15.8. The van der Waals surface area contributed by atoms with Crippen LogP contribution in [0.3, 0.4) is 0 Å². The number of rotatable bonds is 6. The molecule has 0 radical (unpaired) electrons. The molecule has 2 aliphatic heterocycles. The lowest BCUT2D eigenvalue weighted by Gasteiger charge is -2.30. The molecule has 3 aliphatic rings. The minimum absolute atomic E-state index is 0.00573. The molecule has 0 aromatic rings. The second-order valence-corrected chi connectivity index (χ2v) is 8.09. The number of imide groups is 1. The maximum absolute atomic E-state index is 12.6. The maximum atomic E-state index is 12.6. The van der Waals surface area contributed by atoms with Gasteiger partial charge in [-0.1, -0.05) is 19.3 Å². The standard InChI is InChI=1S/C18H27F3N4O3/c19-18(20,21)12-24-8-4-13(11-24)10-22-14(26)5-9-25-15(27)17(23-16(25)28)6-2-1-3-7-17/h13H,1-12H2,(H,22,26)(H,23,28)/t13-/m0/s1. The molecule has 2 saturated heterocycles. The van der Waals surface area contributed by atoms with Gasteiger partial charge in [-0.15, -0.1) is 0 Å². The lowest BCUT2D eigenvalue weighted by molar-refractivity contribution is -0.144. The van der Waals surface area contributed by atoms with Crippen LogP contribution in [0.1, 0.15) is 44.9 Å². The zero-order valence-electron chi connectivity index (χ0n) is 15.8. The number of urea groups is 1. The fourth-order valence-corrected chi connectivity index (χ4v) is 4.41. The van der Waals surface area contributed by atoms with Crippen LogP contribution >= 0.6 is 0 Å². The lowest BCUT2D eigenvalue weighted by Crippen LogP contribution is -2.48. The van der Waals surface area contributed by atoms with Gasteiger partial charge in [0.15, 0.2) is 0 Å². The van der Waals surface area contributed by atoms with Gasteiger partial charge in [-0.25, -0.2) is 4.79 Å². The Kier molecular flexibility index (Phi) is 6.16. The Morgan fingerprint density at radius 3 is 2.61 bits per heavy atom. The second-order valence-electron chi connectivity index (χ2n) is 8.09. The second kappa shape index (κ2) is 8.26. The van der Waals surface area contributed by atoms with Crippen LogP contribution in [-0.4, -0.2) is 72.1 Å². The summed E-state index contributed by atoms with van der Waals surface area (Å²) in [4.78, 5) is 39.3. The number of hydrogen-bond donors (Lipinski definition) is 2. The van der Waals surface area contributed by atoms with Gasteiger partial charge in [0.05, 0.1) is 6.54 Å². The molecule has 3 rings (SSSR count). The quantitative estimate of drug-likeness (QED) is 0.660. The Morgan fingerprint density at radius 2 is 1.93 bits per heavy atom. The molecule has 0 aromatic carbocycles. The molecule has 3 fully saturated rings. The first kappa shape index (κ1) is 20.9. The van der Waals surface area contributed by atoms with Gasteiger partial charge in [-0.05, 0) is 31.7 Å². The van der Waals surface area contributed by atoms with E-state index in [2.05, 4.69) is 10.6 Å². The third-order valence-electron chi connectivity index (χ3n) is 5.88. The number of alkyl halides is 3. The number of carbonyl (C=O) groups is 3. The minimum atomic E-state index is -4.21. The van der Waals surface area contributed by atoms with Crippen LogP contribution in [0.5, 0.6) is 0 Å². The van der Waals surface area contributed by atoms with Crippen molar-refractivity contribution in [1.29, 1.82) is 0 Å². The molecule has 0 aromatic heterocycles. The maximum Gasteiger partial charge on any atom is 0.401 e. The molecular formula is C18H27F3N4O3. The van der Waals surface area contributed by atoms with E-state index in [1.807, 2.05) is 0 Å². The highest BCUT2D eigenvalue weighted by atomic mass is 19.4. The molecule has 1 spiro atoms. The fourth-order valence-electron chi connectivity index (χ4n) is 4.41. The van der Waals surface area contributed by atoms with E-state index in [0.29, 0.717) is 38.9 Å². The molecule has 1 aliphatic carbocycles. The van der Waals surface area contributed by atoms with Crippen LogP contribution < -0.4 is 10.6 Å². The third-order valence-corrected chi connectivity index (χ3v) is 5.88. The summed E-state index contributed by atoms with van der Waals surface area (Å²) in [6.45, 7) is 0.0612. The molecule has 7 nitrogen and oxygen atoms in total. The van der Waals surface area contributed by atoms with E-state index in [4.69, 9.17) is 0 Å². The highest BCUT2D eigenvalue weighted by Gasteiger charge is 2.51. The van der Waals surface area contributed by atoms with Crippen molar-refractivity contribution in [3.8, 4) is 0 Å². The topological polar surface area (TPSA) is 81.8 Å². The van der Waals surface area contributed by atoms with Crippen molar-refractivity contribution in [2.24, 2.45) is 5.92 Å². The third kappa shape index (κ3) is 4.95. The number of hydrogen-bond acceptors (Lipinski definition) is 4. The highest BCUT2D eigenvalue weighted by molar-refractivity contribution is 6.07.